The summed E-state index contributed by atoms with van der Waals surface area (Å²) >= 11 is 0. The van der Waals surface area contributed by atoms with Gasteiger partial charge in [0.2, 0.25) is 5.91 Å². The monoisotopic (exact) mass is 393 g/mol. The Bertz CT molecular complexity index is 1100. The van der Waals surface area contributed by atoms with Crippen molar-refractivity contribution < 1.29 is 13.9 Å². The molecule has 7 heteroatoms. The van der Waals surface area contributed by atoms with Gasteiger partial charge in [-0.3, -0.25) is 4.79 Å². The maximum Gasteiger partial charge on any atom is 0.338 e. The molecule has 29 heavy (non-hydrogen) atoms. The molecule has 0 aliphatic carbocycles. The average molecular weight is 393 g/mol. The van der Waals surface area contributed by atoms with Crippen molar-refractivity contribution in [3.63, 3.8) is 0 Å². The Morgan fingerprint density at radius 1 is 1.24 bits per heavy atom. The van der Waals surface area contributed by atoms with Crippen LogP contribution in [0.1, 0.15) is 12.8 Å². The van der Waals surface area contributed by atoms with E-state index in [1.165, 1.54) is 6.07 Å². The largest absolute Gasteiger partial charge is 0.495 e. The van der Waals surface area contributed by atoms with Gasteiger partial charge in [0.25, 0.3) is 0 Å². The molecular weight excluding hydrogens is 370 g/mol. The van der Waals surface area contributed by atoms with Crippen molar-refractivity contribution in [2.24, 2.45) is 0 Å². The Labute approximate surface area is 168 Å². The number of hydrogen-bond acceptors (Lipinski definition) is 6. The summed E-state index contributed by atoms with van der Waals surface area (Å²) in [5, 5.41) is 6.99. The molecule has 0 bridgehead atoms. The van der Waals surface area contributed by atoms with Crippen LogP contribution in [0.25, 0.3) is 11.0 Å². The van der Waals surface area contributed by atoms with Gasteiger partial charge in [-0.25, -0.2) is 4.79 Å². The lowest BCUT2D eigenvalue weighted by Crippen LogP contribution is -2.35. The Morgan fingerprint density at radius 2 is 2.07 bits per heavy atom. The highest BCUT2D eigenvalue weighted by Crippen LogP contribution is 2.34. The minimum absolute atomic E-state index is 0.0774. The first-order valence-corrected chi connectivity index (χ1v) is 9.56. The minimum Gasteiger partial charge on any atom is -0.495 e. The Hall–Kier alpha value is -3.32. The van der Waals surface area contributed by atoms with Crippen molar-refractivity contribution in [1.29, 1.82) is 0 Å². The van der Waals surface area contributed by atoms with Crippen LogP contribution in [0.15, 0.2) is 57.7 Å². The molecule has 0 radical (unpaired) electrons. The Kier molecular flexibility index (Phi) is 5.22. The van der Waals surface area contributed by atoms with Crippen LogP contribution in [0.2, 0.25) is 0 Å². The fourth-order valence-corrected chi connectivity index (χ4v) is 3.64. The lowest BCUT2D eigenvalue weighted by atomic mass is 10.1. The molecule has 3 aromatic rings. The summed E-state index contributed by atoms with van der Waals surface area (Å²) in [6.07, 6.45) is 1.81. The number of para-hydroxylation sites is 1. The molecule has 2 heterocycles. The summed E-state index contributed by atoms with van der Waals surface area (Å²) in [5.74, 6) is 0.498. The maximum atomic E-state index is 12.6. The van der Waals surface area contributed by atoms with E-state index in [4.69, 9.17) is 9.15 Å². The topological polar surface area (TPSA) is 83.8 Å². The molecule has 0 saturated carbocycles. The van der Waals surface area contributed by atoms with Crippen LogP contribution in [0.5, 0.6) is 5.75 Å². The smallest absolute Gasteiger partial charge is 0.338 e. The van der Waals surface area contributed by atoms with E-state index in [0.29, 0.717) is 17.0 Å². The second kappa shape index (κ2) is 7.97. The second-order valence-electron chi connectivity index (χ2n) is 7.03. The molecule has 1 saturated heterocycles. The van der Waals surface area contributed by atoms with Crippen molar-refractivity contribution in [1.82, 2.24) is 5.32 Å². The number of benzene rings is 2. The fraction of sp³-hybridized carbons (Fsp3) is 0.273. The molecule has 1 amide bonds. The predicted molar refractivity (Wildman–Crippen MR) is 113 cm³/mol. The van der Waals surface area contributed by atoms with E-state index >= 15 is 0 Å². The van der Waals surface area contributed by atoms with Gasteiger partial charge in [0.15, 0.2) is 0 Å². The van der Waals surface area contributed by atoms with Crippen molar-refractivity contribution in [3.8, 4) is 5.75 Å². The number of hydrogen-bond donors (Lipinski definition) is 2. The van der Waals surface area contributed by atoms with Crippen LogP contribution in [0.4, 0.5) is 17.1 Å². The molecule has 0 unspecified atom stereocenters. The van der Waals surface area contributed by atoms with E-state index in [0.717, 1.165) is 36.1 Å². The van der Waals surface area contributed by atoms with Gasteiger partial charge in [-0.15, -0.1) is 0 Å². The van der Waals surface area contributed by atoms with Gasteiger partial charge in [-0.05, 0) is 49.7 Å². The van der Waals surface area contributed by atoms with E-state index in [1.54, 1.807) is 19.2 Å². The lowest BCUT2D eigenvalue weighted by molar-refractivity contribution is -0.117. The van der Waals surface area contributed by atoms with Crippen LogP contribution in [0.3, 0.4) is 0 Å². The number of carbonyl (C=O) groups excluding carboxylic acids is 1. The number of nitrogens with zero attached hydrogens (tertiary/aromatic N) is 1. The van der Waals surface area contributed by atoms with Crippen LogP contribution in [-0.4, -0.2) is 32.7 Å². The quantitative estimate of drug-likeness (QED) is 0.648. The lowest BCUT2D eigenvalue weighted by Gasteiger charge is -2.22. The van der Waals surface area contributed by atoms with Gasteiger partial charge in [-0.2, -0.15) is 0 Å². The van der Waals surface area contributed by atoms with Gasteiger partial charge in [0, 0.05) is 24.2 Å². The van der Waals surface area contributed by atoms with Gasteiger partial charge in [0.05, 0.1) is 24.5 Å². The fourth-order valence-electron chi connectivity index (χ4n) is 3.64. The maximum absolute atomic E-state index is 12.6. The molecule has 0 spiro atoms. The zero-order valence-electron chi connectivity index (χ0n) is 16.4. The highest BCUT2D eigenvalue weighted by atomic mass is 16.5. The number of methoxy groups -OCH3 is 1. The van der Waals surface area contributed by atoms with E-state index < -0.39 is 5.63 Å². The number of nitrogens with one attached hydrogen (secondary N) is 2. The molecule has 1 fully saturated rings. The number of anilines is 3. The summed E-state index contributed by atoms with van der Waals surface area (Å²) in [5.41, 5.74) is 2.21. The SMILES string of the molecule is COc1ccc(N(C)c2cc(=O)oc3ccccc23)cc1NC(=O)[C@@H]1CCCN1. The minimum atomic E-state index is -0.417. The van der Waals surface area contributed by atoms with Crippen molar-refractivity contribution >= 4 is 33.9 Å². The van der Waals surface area contributed by atoms with Crippen LogP contribution >= 0.6 is 0 Å². The van der Waals surface area contributed by atoms with E-state index in [-0.39, 0.29) is 11.9 Å². The predicted octanol–water partition coefficient (Wildman–Crippen LogP) is 3.26. The summed E-state index contributed by atoms with van der Waals surface area (Å²) in [6, 6.07) is 14.2. The number of amides is 1. The summed E-state index contributed by atoms with van der Waals surface area (Å²) < 4.78 is 10.7. The van der Waals surface area contributed by atoms with Crippen LogP contribution < -0.4 is 25.9 Å². The molecule has 4 rings (SSSR count). The highest BCUT2D eigenvalue weighted by Gasteiger charge is 2.23. The van der Waals surface area contributed by atoms with Crippen molar-refractivity contribution in [2.45, 2.75) is 18.9 Å². The highest BCUT2D eigenvalue weighted by molar-refractivity contribution is 5.97. The zero-order chi connectivity index (χ0) is 20.4. The standard InChI is InChI=1S/C22H23N3O4/c1-25(18-13-21(26)29-19-8-4-3-6-15(18)19)14-9-10-20(28-2)17(12-14)24-22(27)16-7-5-11-23-16/h3-4,6,8-10,12-13,16,23H,5,7,11H2,1-2H3,(H,24,27)/t16-/m0/s1. The summed E-state index contributed by atoms with van der Waals surface area (Å²) in [6.45, 7) is 0.849. The Balaban J connectivity index is 1.70. The van der Waals surface area contributed by atoms with Gasteiger partial charge >= 0.3 is 5.63 Å². The molecule has 1 aliphatic heterocycles. The van der Waals surface area contributed by atoms with E-state index in [1.807, 2.05) is 42.3 Å². The molecule has 7 nitrogen and oxygen atoms in total. The number of rotatable bonds is 5. The molecule has 2 N–H and O–H groups in total. The van der Waals surface area contributed by atoms with E-state index in [9.17, 15) is 9.59 Å². The summed E-state index contributed by atoms with van der Waals surface area (Å²) in [4.78, 5) is 26.5. The number of fused-ring (bicyclic) bond motifs is 1. The zero-order valence-corrected chi connectivity index (χ0v) is 16.4. The molecule has 1 aromatic heterocycles. The molecule has 1 atom stereocenters. The van der Waals surface area contributed by atoms with Crippen molar-refractivity contribution in [2.75, 3.05) is 30.9 Å². The average Bonchev–Trinajstić information content (AvgIpc) is 3.27. The third kappa shape index (κ3) is 3.82. The molecule has 2 aromatic carbocycles. The normalized spacial score (nSPS) is 16.0. The number of carbonyl (C=O) groups is 1. The van der Waals surface area contributed by atoms with Crippen LogP contribution in [-0.2, 0) is 4.79 Å². The third-order valence-electron chi connectivity index (χ3n) is 5.19. The second-order valence-corrected chi connectivity index (χ2v) is 7.03. The first kappa shape index (κ1) is 19.0. The first-order chi connectivity index (χ1) is 14.1. The van der Waals surface area contributed by atoms with Gasteiger partial charge in [0.1, 0.15) is 11.3 Å². The summed E-state index contributed by atoms with van der Waals surface area (Å²) in [7, 11) is 3.44. The molecule has 150 valence electrons. The van der Waals surface area contributed by atoms with Crippen molar-refractivity contribution in [3.05, 3.63) is 59.0 Å². The van der Waals surface area contributed by atoms with Crippen LogP contribution in [0, 0.1) is 0 Å². The first-order valence-electron chi connectivity index (χ1n) is 9.56. The third-order valence-corrected chi connectivity index (χ3v) is 5.19. The van der Waals surface area contributed by atoms with Gasteiger partial charge < -0.3 is 24.7 Å². The Morgan fingerprint density at radius 3 is 2.83 bits per heavy atom. The molecular formula is C22H23N3O4. The molecule has 1 aliphatic rings. The van der Waals surface area contributed by atoms with E-state index in [2.05, 4.69) is 10.6 Å². The van der Waals surface area contributed by atoms with Gasteiger partial charge in [-0.1, -0.05) is 12.1 Å². The number of ether oxygens (including phenoxy) is 1.